The molecule has 204 valence electrons. The molecule has 1 aliphatic heterocycles. The lowest BCUT2D eigenvalue weighted by Crippen LogP contribution is -2.22. The van der Waals surface area contributed by atoms with Crippen molar-refractivity contribution in [1.82, 2.24) is 29.6 Å². The summed E-state index contributed by atoms with van der Waals surface area (Å²) >= 11 is 0. The van der Waals surface area contributed by atoms with Gasteiger partial charge in [-0.1, -0.05) is 12.1 Å². The number of nitrogens with one attached hydrogen (secondary N) is 2. The largest absolute Gasteiger partial charge is 0.477 e. The summed E-state index contributed by atoms with van der Waals surface area (Å²) < 4.78 is 7.70. The number of hydrogen-bond donors (Lipinski definition) is 2. The minimum Gasteiger partial charge on any atom is -0.477 e. The first-order chi connectivity index (χ1) is 19.0. The van der Waals surface area contributed by atoms with E-state index in [-0.39, 0.29) is 11.9 Å². The number of amides is 1. The normalized spacial score (nSPS) is 14.4. The molecule has 4 heterocycles. The number of ether oxygens (including phenoxy) is 1. The van der Waals surface area contributed by atoms with Crippen LogP contribution in [0.4, 0.5) is 11.5 Å². The van der Waals surface area contributed by atoms with Crippen molar-refractivity contribution in [3.63, 3.8) is 0 Å². The zero-order valence-corrected chi connectivity index (χ0v) is 22.9. The van der Waals surface area contributed by atoms with E-state index >= 15 is 0 Å². The van der Waals surface area contributed by atoms with E-state index in [0.29, 0.717) is 35.2 Å². The highest BCUT2D eigenvalue weighted by Crippen LogP contribution is 2.23. The van der Waals surface area contributed by atoms with Gasteiger partial charge in [0.05, 0.1) is 30.6 Å². The number of aromatic nitrogens is 5. The number of pyridine rings is 1. The molecule has 0 radical (unpaired) electrons. The number of benzene rings is 1. The summed E-state index contributed by atoms with van der Waals surface area (Å²) in [4.78, 5) is 28.9. The van der Waals surface area contributed by atoms with Gasteiger partial charge in [0, 0.05) is 30.5 Å². The minimum atomic E-state index is -0.216. The average Bonchev–Trinajstić information content (AvgIpc) is 3.61. The molecule has 2 N–H and O–H groups in total. The quantitative estimate of drug-likeness (QED) is 0.266. The van der Waals surface area contributed by atoms with Crippen molar-refractivity contribution < 1.29 is 9.53 Å². The third-order valence-corrected chi connectivity index (χ3v) is 6.96. The van der Waals surface area contributed by atoms with Gasteiger partial charge in [-0.25, -0.2) is 15.0 Å². The van der Waals surface area contributed by atoms with Gasteiger partial charge in [0.15, 0.2) is 0 Å². The maximum atomic E-state index is 13.0. The second kappa shape index (κ2) is 12.2. The van der Waals surface area contributed by atoms with Crippen LogP contribution < -0.4 is 15.4 Å². The molecule has 39 heavy (non-hydrogen) atoms. The Bertz CT molecular complexity index is 1430. The maximum Gasteiger partial charge on any atom is 0.257 e. The monoisotopic (exact) mass is 528 g/mol. The Morgan fingerprint density at radius 3 is 2.79 bits per heavy atom. The van der Waals surface area contributed by atoms with Gasteiger partial charge < -0.3 is 20.3 Å². The molecular formula is C29H36N8O2. The van der Waals surface area contributed by atoms with Crippen LogP contribution in [0, 0.1) is 6.92 Å². The zero-order chi connectivity index (χ0) is 27.2. The van der Waals surface area contributed by atoms with Crippen LogP contribution in [0.15, 0.2) is 48.9 Å². The van der Waals surface area contributed by atoms with Crippen LogP contribution in [0.25, 0.3) is 11.2 Å². The van der Waals surface area contributed by atoms with Gasteiger partial charge in [0.2, 0.25) is 11.5 Å². The van der Waals surface area contributed by atoms with Crippen molar-refractivity contribution in [3.8, 4) is 5.88 Å². The van der Waals surface area contributed by atoms with Crippen molar-refractivity contribution in [2.75, 3.05) is 36.9 Å². The molecule has 0 unspecified atom stereocenters. The smallest absolute Gasteiger partial charge is 0.257 e. The first-order valence-electron chi connectivity index (χ1n) is 13.7. The molecule has 0 spiro atoms. The Morgan fingerprint density at radius 1 is 1.15 bits per heavy atom. The predicted molar refractivity (Wildman–Crippen MR) is 152 cm³/mol. The third kappa shape index (κ3) is 6.69. The summed E-state index contributed by atoms with van der Waals surface area (Å²) in [5.74, 6) is 1.01. The Balaban J connectivity index is 1.17. The SMILES string of the molecule is CCn1cc2ncc(N[C@@H](C)c3cccc(NC(=O)c4cnc(OCCCN5CCCC5)c(C)c4)c3)nc2n1. The van der Waals surface area contributed by atoms with Gasteiger partial charge in [-0.2, -0.15) is 5.10 Å². The highest BCUT2D eigenvalue weighted by molar-refractivity contribution is 6.04. The number of anilines is 2. The van der Waals surface area contributed by atoms with Crippen LogP contribution in [0.2, 0.25) is 0 Å². The van der Waals surface area contributed by atoms with Crippen molar-refractivity contribution >= 4 is 28.6 Å². The van der Waals surface area contributed by atoms with Crippen LogP contribution >= 0.6 is 0 Å². The van der Waals surface area contributed by atoms with Crippen molar-refractivity contribution in [3.05, 3.63) is 65.6 Å². The Hall–Kier alpha value is -4.05. The number of rotatable bonds is 11. The summed E-state index contributed by atoms with van der Waals surface area (Å²) in [6, 6.07) is 9.51. The van der Waals surface area contributed by atoms with E-state index in [2.05, 4.69) is 35.6 Å². The highest BCUT2D eigenvalue weighted by Gasteiger charge is 2.14. The maximum absolute atomic E-state index is 13.0. The first kappa shape index (κ1) is 26.6. The van der Waals surface area contributed by atoms with E-state index < -0.39 is 0 Å². The molecule has 1 amide bonds. The number of hydrogen-bond acceptors (Lipinski definition) is 8. The molecule has 1 atom stereocenters. The molecule has 10 heteroatoms. The molecule has 3 aromatic heterocycles. The molecule has 0 aliphatic carbocycles. The lowest BCUT2D eigenvalue weighted by Gasteiger charge is -2.16. The van der Waals surface area contributed by atoms with Gasteiger partial charge in [0.1, 0.15) is 11.3 Å². The number of carbonyl (C=O) groups is 1. The second-order valence-electron chi connectivity index (χ2n) is 9.99. The van der Waals surface area contributed by atoms with Crippen LogP contribution in [0.5, 0.6) is 5.88 Å². The second-order valence-corrected chi connectivity index (χ2v) is 9.99. The lowest BCUT2D eigenvalue weighted by atomic mass is 10.1. The summed E-state index contributed by atoms with van der Waals surface area (Å²) in [6.45, 7) is 10.8. The van der Waals surface area contributed by atoms with Crippen molar-refractivity contribution in [2.24, 2.45) is 0 Å². The Morgan fingerprint density at radius 2 is 2.00 bits per heavy atom. The number of aryl methyl sites for hydroxylation is 2. The number of fused-ring (bicyclic) bond motifs is 1. The summed E-state index contributed by atoms with van der Waals surface area (Å²) in [6.07, 6.45) is 8.73. The number of carbonyl (C=O) groups excluding carboxylic acids is 1. The molecule has 4 aromatic rings. The lowest BCUT2D eigenvalue weighted by molar-refractivity contribution is 0.102. The molecule has 10 nitrogen and oxygen atoms in total. The first-order valence-corrected chi connectivity index (χ1v) is 13.7. The standard InChI is InChI=1S/C29H36N8O2/c1-4-37-19-25-27(35-37)34-26(18-30-25)32-21(3)22-9-7-10-24(16-22)33-28(38)23-15-20(2)29(31-17-23)39-14-8-13-36-11-5-6-12-36/h7,9-10,15-19,21H,4-6,8,11-14H2,1-3H3,(H,33,38)(H,32,34,35)/t21-/m0/s1. The molecule has 0 bridgehead atoms. The van der Waals surface area contributed by atoms with E-state index in [0.717, 1.165) is 36.2 Å². The fourth-order valence-electron chi connectivity index (χ4n) is 4.77. The van der Waals surface area contributed by atoms with Gasteiger partial charge in [-0.05, 0) is 76.9 Å². The third-order valence-electron chi connectivity index (χ3n) is 6.96. The Labute approximate surface area is 228 Å². The van der Waals surface area contributed by atoms with Crippen LogP contribution in [0.1, 0.15) is 60.6 Å². The van der Waals surface area contributed by atoms with Crippen molar-refractivity contribution in [2.45, 2.75) is 52.6 Å². The summed E-state index contributed by atoms with van der Waals surface area (Å²) in [5, 5.41) is 10.8. The van der Waals surface area contributed by atoms with Gasteiger partial charge in [-0.15, -0.1) is 0 Å². The zero-order valence-electron chi connectivity index (χ0n) is 22.9. The number of nitrogens with zero attached hydrogens (tertiary/aromatic N) is 6. The van der Waals surface area contributed by atoms with E-state index in [1.54, 1.807) is 12.4 Å². The molecular weight excluding hydrogens is 492 g/mol. The van der Waals surface area contributed by atoms with Crippen molar-refractivity contribution in [1.29, 1.82) is 0 Å². The fourth-order valence-corrected chi connectivity index (χ4v) is 4.77. The van der Waals surface area contributed by atoms with E-state index in [1.807, 2.05) is 62.0 Å². The molecule has 1 aliphatic rings. The molecule has 5 rings (SSSR count). The van der Waals surface area contributed by atoms with Crippen LogP contribution in [-0.4, -0.2) is 61.8 Å². The number of likely N-dealkylation sites (tertiary alicyclic amines) is 1. The topological polar surface area (TPSA) is 110 Å². The minimum absolute atomic E-state index is 0.0623. The van der Waals surface area contributed by atoms with Crippen LogP contribution in [0.3, 0.4) is 0 Å². The Kier molecular flexibility index (Phi) is 8.31. The molecule has 0 saturated carbocycles. The molecule has 1 saturated heterocycles. The van der Waals surface area contributed by atoms with E-state index in [1.165, 1.54) is 25.9 Å². The molecule has 1 aromatic carbocycles. The predicted octanol–water partition coefficient (Wildman–Crippen LogP) is 4.84. The fraction of sp³-hybridized carbons (Fsp3) is 0.414. The molecule has 1 fully saturated rings. The summed E-state index contributed by atoms with van der Waals surface area (Å²) in [7, 11) is 0. The van der Waals surface area contributed by atoms with Crippen LogP contribution in [-0.2, 0) is 6.54 Å². The van der Waals surface area contributed by atoms with Gasteiger partial charge in [0.25, 0.3) is 5.91 Å². The average molecular weight is 529 g/mol. The van der Waals surface area contributed by atoms with E-state index in [9.17, 15) is 4.79 Å². The summed E-state index contributed by atoms with van der Waals surface area (Å²) in [5.41, 5.74) is 4.41. The highest BCUT2D eigenvalue weighted by atomic mass is 16.5. The van der Waals surface area contributed by atoms with E-state index in [4.69, 9.17) is 4.74 Å². The van der Waals surface area contributed by atoms with Gasteiger partial charge >= 0.3 is 0 Å². The van der Waals surface area contributed by atoms with Gasteiger partial charge in [-0.3, -0.25) is 9.48 Å².